The predicted molar refractivity (Wildman–Crippen MR) is 165 cm³/mol. The second-order valence-corrected chi connectivity index (χ2v) is 13.4. The van der Waals surface area contributed by atoms with Crippen LogP contribution in [0.2, 0.25) is 0 Å². The molecule has 3 aromatic rings. The number of unbranched alkanes of at least 4 members (excludes halogenated alkanes) is 1. The number of benzene rings is 2. The van der Waals surface area contributed by atoms with E-state index < -0.39 is 21.2 Å². The van der Waals surface area contributed by atoms with Crippen molar-refractivity contribution in [3.8, 4) is 5.69 Å². The van der Waals surface area contributed by atoms with Crippen molar-refractivity contribution < 1.29 is 22.7 Å². The third kappa shape index (κ3) is 8.00. The maximum atomic E-state index is 13.7. The molecule has 3 atom stereocenters. The Morgan fingerprint density at radius 3 is 2.29 bits per heavy atom. The number of aromatic amines is 1. The van der Waals surface area contributed by atoms with Gasteiger partial charge < -0.3 is 10.1 Å². The van der Waals surface area contributed by atoms with Crippen LogP contribution in [-0.4, -0.2) is 42.9 Å². The highest BCUT2D eigenvalue weighted by Gasteiger charge is 2.38. The van der Waals surface area contributed by atoms with Crippen molar-refractivity contribution in [2.75, 3.05) is 18.2 Å². The lowest BCUT2D eigenvalue weighted by Gasteiger charge is -2.31. The largest absolute Gasteiger partial charge is 0.465 e. The summed E-state index contributed by atoms with van der Waals surface area (Å²) in [6, 6.07) is 15.9. The summed E-state index contributed by atoms with van der Waals surface area (Å²) in [7, 11) is -3.38. The van der Waals surface area contributed by atoms with E-state index in [0.29, 0.717) is 30.7 Å². The molecule has 3 rings (SSSR count). The summed E-state index contributed by atoms with van der Waals surface area (Å²) < 4.78 is 30.5. The lowest BCUT2D eigenvalue weighted by atomic mass is 9.75. The fraction of sp³-hybridized carbons (Fsp3) is 0.469. The third-order valence-electron chi connectivity index (χ3n) is 7.99. The Bertz CT molecular complexity index is 1530. The SMILES string of the molecule is CCCCOC(=O)C(CC(C)c1ccccc1)CC(C)(CC)C(=O)Nc1[nH]n(-c2ccc(S(C)(=O)=O)cc2)c(=O)c1C. The number of rotatable bonds is 14. The first kappa shape index (κ1) is 32.8. The number of carbonyl (C=O) groups excluding carboxylic acids is 2. The molecular formula is C32H43N3O6S. The standard InChI is InChI=1S/C32H43N3O6S/c1-7-9-19-41-30(37)25(20-22(3)24-13-11-10-12-14-24)21-32(5,8-2)31(38)33-28-23(4)29(36)35(34-28)26-15-17-27(18-16-26)42(6,39)40/h10-18,22,25,34H,7-9,19-21H2,1-6H3,(H,33,38). The minimum absolute atomic E-state index is 0.0841. The van der Waals surface area contributed by atoms with Crippen LogP contribution in [0.15, 0.2) is 64.3 Å². The van der Waals surface area contributed by atoms with Gasteiger partial charge in [0.05, 0.1) is 28.7 Å². The summed E-state index contributed by atoms with van der Waals surface area (Å²) in [5, 5.41) is 5.83. The summed E-state index contributed by atoms with van der Waals surface area (Å²) in [6.45, 7) is 9.80. The average Bonchev–Trinajstić information content (AvgIpc) is 3.25. The molecule has 0 saturated carbocycles. The Morgan fingerprint density at radius 2 is 1.71 bits per heavy atom. The monoisotopic (exact) mass is 597 g/mol. The van der Waals surface area contributed by atoms with Gasteiger partial charge >= 0.3 is 5.97 Å². The first-order valence-electron chi connectivity index (χ1n) is 14.5. The number of anilines is 1. The van der Waals surface area contributed by atoms with Crippen molar-refractivity contribution >= 4 is 27.5 Å². The Morgan fingerprint density at radius 1 is 1.07 bits per heavy atom. The van der Waals surface area contributed by atoms with E-state index in [-0.39, 0.29) is 40.5 Å². The Hall–Kier alpha value is -3.66. The molecule has 2 N–H and O–H groups in total. The van der Waals surface area contributed by atoms with Gasteiger partial charge in [0.2, 0.25) is 5.91 Å². The molecule has 228 valence electrons. The molecule has 1 heterocycles. The van der Waals surface area contributed by atoms with Gasteiger partial charge in [0.25, 0.3) is 5.56 Å². The quantitative estimate of drug-likeness (QED) is 0.179. The van der Waals surface area contributed by atoms with Crippen molar-refractivity contribution in [2.24, 2.45) is 11.3 Å². The van der Waals surface area contributed by atoms with Crippen LogP contribution in [0.25, 0.3) is 5.69 Å². The van der Waals surface area contributed by atoms with Crippen molar-refractivity contribution in [3.05, 3.63) is 76.1 Å². The maximum absolute atomic E-state index is 13.7. The second-order valence-electron chi connectivity index (χ2n) is 11.4. The van der Waals surface area contributed by atoms with E-state index in [9.17, 15) is 22.8 Å². The molecule has 0 spiro atoms. The van der Waals surface area contributed by atoms with Crippen LogP contribution in [0.5, 0.6) is 0 Å². The molecule has 0 bridgehead atoms. The molecular weight excluding hydrogens is 554 g/mol. The summed E-state index contributed by atoms with van der Waals surface area (Å²) in [5.41, 5.74) is 0.560. The van der Waals surface area contributed by atoms with Gasteiger partial charge in [-0.3, -0.25) is 19.5 Å². The molecule has 1 aromatic heterocycles. The minimum Gasteiger partial charge on any atom is -0.465 e. The van der Waals surface area contributed by atoms with Gasteiger partial charge in [-0.15, -0.1) is 0 Å². The number of aromatic nitrogens is 2. The zero-order valence-corrected chi connectivity index (χ0v) is 26.2. The molecule has 3 unspecified atom stereocenters. The number of ether oxygens (including phenoxy) is 1. The molecule has 9 nitrogen and oxygen atoms in total. The van der Waals surface area contributed by atoms with Crippen LogP contribution in [0, 0.1) is 18.3 Å². The van der Waals surface area contributed by atoms with Gasteiger partial charge in [0, 0.05) is 11.7 Å². The van der Waals surface area contributed by atoms with E-state index in [2.05, 4.69) is 17.3 Å². The lowest BCUT2D eigenvalue weighted by molar-refractivity contribution is -0.150. The third-order valence-corrected chi connectivity index (χ3v) is 9.12. The van der Waals surface area contributed by atoms with Crippen LogP contribution in [0.3, 0.4) is 0 Å². The van der Waals surface area contributed by atoms with Gasteiger partial charge in [0.15, 0.2) is 9.84 Å². The van der Waals surface area contributed by atoms with Gasteiger partial charge in [0.1, 0.15) is 5.82 Å². The van der Waals surface area contributed by atoms with Crippen LogP contribution in [0.1, 0.15) is 76.8 Å². The lowest BCUT2D eigenvalue weighted by Crippen LogP contribution is -2.37. The van der Waals surface area contributed by atoms with Crippen LogP contribution in [0.4, 0.5) is 5.82 Å². The van der Waals surface area contributed by atoms with E-state index in [4.69, 9.17) is 4.74 Å². The molecule has 0 fully saturated rings. The van der Waals surface area contributed by atoms with Gasteiger partial charge in [-0.1, -0.05) is 64.4 Å². The predicted octanol–water partition coefficient (Wildman–Crippen LogP) is 5.78. The number of nitrogens with zero attached hydrogens (tertiary/aromatic N) is 1. The number of amides is 1. The number of esters is 1. The summed E-state index contributed by atoms with van der Waals surface area (Å²) in [5.74, 6) is -0.775. The summed E-state index contributed by atoms with van der Waals surface area (Å²) in [6.07, 6.45) is 4.09. The highest BCUT2D eigenvalue weighted by molar-refractivity contribution is 7.90. The number of carbonyl (C=O) groups is 2. The van der Waals surface area contributed by atoms with E-state index in [0.717, 1.165) is 24.7 Å². The number of H-pyrrole nitrogens is 1. The smallest absolute Gasteiger partial charge is 0.308 e. The molecule has 10 heteroatoms. The van der Waals surface area contributed by atoms with Crippen LogP contribution >= 0.6 is 0 Å². The highest BCUT2D eigenvalue weighted by Crippen LogP contribution is 2.36. The fourth-order valence-electron chi connectivity index (χ4n) is 4.92. The normalized spacial score (nSPS) is 14.5. The van der Waals surface area contributed by atoms with E-state index >= 15 is 0 Å². The van der Waals surface area contributed by atoms with Crippen molar-refractivity contribution in [1.82, 2.24) is 9.78 Å². The molecule has 0 aliphatic carbocycles. The minimum atomic E-state index is -3.38. The summed E-state index contributed by atoms with van der Waals surface area (Å²) >= 11 is 0. The number of hydrogen-bond acceptors (Lipinski definition) is 6. The number of hydrogen-bond donors (Lipinski definition) is 2. The molecule has 0 radical (unpaired) electrons. The van der Waals surface area contributed by atoms with Crippen molar-refractivity contribution in [2.45, 2.75) is 77.5 Å². The van der Waals surface area contributed by atoms with E-state index in [1.54, 1.807) is 6.92 Å². The Kier molecular flexibility index (Phi) is 11.0. The van der Waals surface area contributed by atoms with Crippen molar-refractivity contribution in [1.29, 1.82) is 0 Å². The Balaban J connectivity index is 1.84. The average molecular weight is 598 g/mol. The van der Waals surface area contributed by atoms with Crippen LogP contribution < -0.4 is 10.9 Å². The maximum Gasteiger partial charge on any atom is 0.308 e. The molecule has 0 aliphatic rings. The fourth-order valence-corrected chi connectivity index (χ4v) is 5.55. The Labute approximate surface area is 248 Å². The second kappa shape index (κ2) is 14.0. The molecule has 2 aromatic carbocycles. The zero-order valence-electron chi connectivity index (χ0n) is 25.4. The molecule has 0 saturated heterocycles. The number of sulfone groups is 1. The van der Waals surface area contributed by atoms with Gasteiger partial charge in [-0.05, 0) is 68.4 Å². The van der Waals surface area contributed by atoms with E-state index in [1.165, 1.54) is 28.9 Å². The van der Waals surface area contributed by atoms with E-state index in [1.807, 2.05) is 51.1 Å². The molecule has 0 aliphatic heterocycles. The van der Waals surface area contributed by atoms with Crippen LogP contribution in [-0.2, 0) is 24.2 Å². The topological polar surface area (TPSA) is 127 Å². The zero-order chi connectivity index (χ0) is 31.1. The first-order valence-corrected chi connectivity index (χ1v) is 16.3. The molecule has 42 heavy (non-hydrogen) atoms. The molecule has 1 amide bonds. The number of nitrogens with one attached hydrogen (secondary N) is 2. The van der Waals surface area contributed by atoms with Gasteiger partial charge in [-0.2, -0.15) is 0 Å². The first-order chi connectivity index (χ1) is 19.8. The highest BCUT2D eigenvalue weighted by atomic mass is 32.2. The van der Waals surface area contributed by atoms with Gasteiger partial charge in [-0.25, -0.2) is 13.1 Å². The van der Waals surface area contributed by atoms with Crippen molar-refractivity contribution in [3.63, 3.8) is 0 Å². The summed E-state index contributed by atoms with van der Waals surface area (Å²) in [4.78, 5) is 40.2.